The third-order valence-corrected chi connectivity index (χ3v) is 14.2. The predicted octanol–water partition coefficient (Wildman–Crippen LogP) is 18.8. The Kier molecular flexibility index (Phi) is 52.0. The maximum absolute atomic E-state index is 12.8. The molecule has 69 heavy (non-hydrogen) atoms. The molecule has 8 nitrogen and oxygen atoms in total. The molecule has 0 aromatic carbocycles. The number of quaternary nitrogens is 1. The molecule has 0 heterocycles. The standard InChI is InChI=1S/C60H116NO7P/c1-6-8-10-12-14-16-18-20-22-24-26-28-30-31-32-33-35-37-39-41-43-45-47-49-51-53-60(62)68-59(58-67-69(63,64)66-56-54-61(3,4)5)57-65-55-52-50-48-46-44-42-40-38-36-34-29-27-25-23-21-19-17-15-13-11-9-7-2/h19,21,25,27,34,36,59H,6-18,20,22-24,26,28-33,35,37-58H2,1-5H3/p+1/b21-19-,27-25-,36-34-. The Morgan fingerprint density at radius 1 is 0.449 bits per heavy atom. The molecule has 2 atom stereocenters. The summed E-state index contributed by atoms with van der Waals surface area (Å²) in [6.45, 7) is 5.65. The Morgan fingerprint density at radius 2 is 0.797 bits per heavy atom. The van der Waals surface area contributed by atoms with E-state index in [9.17, 15) is 14.3 Å². The van der Waals surface area contributed by atoms with Crippen LogP contribution in [0.4, 0.5) is 0 Å². The van der Waals surface area contributed by atoms with Crippen LogP contribution in [-0.2, 0) is 27.9 Å². The maximum atomic E-state index is 12.8. The molecular formula is C60H117NO7P+. The maximum Gasteiger partial charge on any atom is 0.472 e. The zero-order valence-electron chi connectivity index (χ0n) is 46.6. The molecule has 9 heteroatoms. The van der Waals surface area contributed by atoms with Crippen LogP contribution in [0.15, 0.2) is 36.5 Å². The Labute approximate surface area is 429 Å². The van der Waals surface area contributed by atoms with Crippen LogP contribution in [0, 0.1) is 0 Å². The summed E-state index contributed by atoms with van der Waals surface area (Å²) in [5.41, 5.74) is 0. The average molecular weight is 996 g/mol. The van der Waals surface area contributed by atoms with Gasteiger partial charge in [0.1, 0.15) is 19.3 Å². The van der Waals surface area contributed by atoms with Crippen molar-refractivity contribution >= 4 is 13.8 Å². The lowest BCUT2D eigenvalue weighted by Gasteiger charge is -2.24. The van der Waals surface area contributed by atoms with E-state index in [0.29, 0.717) is 24.1 Å². The van der Waals surface area contributed by atoms with E-state index in [2.05, 4.69) is 50.3 Å². The van der Waals surface area contributed by atoms with Gasteiger partial charge in [-0.25, -0.2) is 4.57 Å². The molecule has 0 aromatic rings. The minimum Gasteiger partial charge on any atom is -0.457 e. The highest BCUT2D eigenvalue weighted by atomic mass is 31.2. The van der Waals surface area contributed by atoms with Crippen molar-refractivity contribution in [1.29, 1.82) is 0 Å². The van der Waals surface area contributed by atoms with Gasteiger partial charge in [0.2, 0.25) is 0 Å². The van der Waals surface area contributed by atoms with Gasteiger partial charge in [-0.05, 0) is 51.4 Å². The van der Waals surface area contributed by atoms with E-state index < -0.39 is 13.9 Å². The molecule has 0 saturated heterocycles. The van der Waals surface area contributed by atoms with Crippen LogP contribution in [-0.4, -0.2) is 75.6 Å². The molecule has 0 aliphatic carbocycles. The van der Waals surface area contributed by atoms with Crippen molar-refractivity contribution in [2.75, 3.05) is 54.1 Å². The molecule has 0 spiro atoms. The molecule has 0 aliphatic rings. The van der Waals surface area contributed by atoms with Crippen molar-refractivity contribution in [2.45, 2.75) is 290 Å². The van der Waals surface area contributed by atoms with Crippen LogP contribution in [0.2, 0.25) is 0 Å². The first-order valence-corrected chi connectivity index (χ1v) is 31.2. The van der Waals surface area contributed by atoms with Gasteiger partial charge in [0.15, 0.2) is 0 Å². The van der Waals surface area contributed by atoms with Gasteiger partial charge in [-0.3, -0.25) is 13.8 Å². The molecule has 408 valence electrons. The first-order valence-electron chi connectivity index (χ1n) is 29.7. The van der Waals surface area contributed by atoms with E-state index in [-0.39, 0.29) is 25.8 Å². The first kappa shape index (κ1) is 67.7. The molecule has 2 unspecified atom stereocenters. The number of ether oxygens (including phenoxy) is 2. The van der Waals surface area contributed by atoms with Crippen molar-refractivity contribution < 1.29 is 37.3 Å². The van der Waals surface area contributed by atoms with Crippen molar-refractivity contribution in [3.8, 4) is 0 Å². The normalized spacial score (nSPS) is 13.7. The summed E-state index contributed by atoms with van der Waals surface area (Å²) in [7, 11) is 1.67. The largest absolute Gasteiger partial charge is 0.472 e. The molecule has 0 bridgehead atoms. The lowest BCUT2D eigenvalue weighted by Crippen LogP contribution is -2.37. The number of rotatable bonds is 56. The number of carbonyl (C=O) groups excluding carboxylic acids is 1. The minimum absolute atomic E-state index is 0.0878. The van der Waals surface area contributed by atoms with E-state index in [1.807, 2.05) is 21.1 Å². The van der Waals surface area contributed by atoms with E-state index in [1.54, 1.807) is 0 Å². The Bertz CT molecular complexity index is 1200. The molecule has 0 rings (SSSR count). The van der Waals surface area contributed by atoms with Gasteiger partial charge >= 0.3 is 13.8 Å². The molecular weight excluding hydrogens is 878 g/mol. The predicted molar refractivity (Wildman–Crippen MR) is 298 cm³/mol. The van der Waals surface area contributed by atoms with E-state index in [0.717, 1.165) is 51.4 Å². The highest BCUT2D eigenvalue weighted by molar-refractivity contribution is 7.47. The quantitative estimate of drug-likeness (QED) is 0.0213. The molecule has 1 N–H and O–H groups in total. The van der Waals surface area contributed by atoms with Gasteiger partial charge in [-0.1, -0.05) is 262 Å². The van der Waals surface area contributed by atoms with Crippen molar-refractivity contribution in [3.63, 3.8) is 0 Å². The zero-order valence-corrected chi connectivity index (χ0v) is 47.5. The van der Waals surface area contributed by atoms with Crippen LogP contribution >= 0.6 is 7.82 Å². The Morgan fingerprint density at radius 3 is 1.19 bits per heavy atom. The zero-order chi connectivity index (χ0) is 50.5. The number of phosphoric ester groups is 1. The van der Waals surface area contributed by atoms with Gasteiger partial charge in [-0.2, -0.15) is 0 Å². The summed E-state index contributed by atoms with van der Waals surface area (Å²) in [5, 5.41) is 0. The average Bonchev–Trinajstić information content (AvgIpc) is 3.31. The number of hydrogen-bond acceptors (Lipinski definition) is 6. The van der Waals surface area contributed by atoms with Crippen molar-refractivity contribution in [3.05, 3.63) is 36.5 Å². The topological polar surface area (TPSA) is 91.3 Å². The molecule has 0 radical (unpaired) electrons. The fourth-order valence-electron chi connectivity index (χ4n) is 8.62. The number of likely N-dealkylation sites (N-methyl/N-ethyl adjacent to an activating group) is 1. The first-order chi connectivity index (χ1) is 33.6. The second-order valence-electron chi connectivity index (χ2n) is 21.4. The highest BCUT2D eigenvalue weighted by Gasteiger charge is 2.26. The van der Waals surface area contributed by atoms with Gasteiger partial charge in [0.25, 0.3) is 0 Å². The third kappa shape index (κ3) is 57.5. The fraction of sp³-hybridized carbons (Fsp3) is 0.883. The van der Waals surface area contributed by atoms with E-state index in [4.69, 9.17) is 18.5 Å². The molecule has 0 fully saturated rings. The lowest BCUT2D eigenvalue weighted by molar-refractivity contribution is -0.870. The summed E-state index contributed by atoms with van der Waals surface area (Å²) in [4.78, 5) is 23.1. The van der Waals surface area contributed by atoms with Crippen LogP contribution < -0.4 is 0 Å². The second kappa shape index (κ2) is 53.0. The lowest BCUT2D eigenvalue weighted by atomic mass is 10.0. The summed E-state index contributed by atoms with van der Waals surface area (Å²) in [6, 6.07) is 0. The summed E-state index contributed by atoms with van der Waals surface area (Å²) in [6.07, 6.45) is 66.4. The molecule has 0 aliphatic heterocycles. The molecule has 0 aromatic heterocycles. The van der Waals surface area contributed by atoms with Crippen LogP contribution in [0.3, 0.4) is 0 Å². The highest BCUT2D eigenvalue weighted by Crippen LogP contribution is 2.43. The number of allylic oxidation sites excluding steroid dienone is 6. The SMILES string of the molecule is CCCCCCC/C=C\C/C=C\C/C=C\CCCCCCCCCOCC(COP(=O)(O)OCC[N+](C)(C)C)OC(=O)CCCCCCCCCCCCCCCCCCCCCCCCCCC. The van der Waals surface area contributed by atoms with Gasteiger partial charge in [-0.15, -0.1) is 0 Å². The number of hydrogen-bond donors (Lipinski definition) is 1. The fourth-order valence-corrected chi connectivity index (χ4v) is 9.36. The number of phosphoric acid groups is 1. The minimum atomic E-state index is -4.29. The number of esters is 1. The van der Waals surface area contributed by atoms with Crippen LogP contribution in [0.1, 0.15) is 284 Å². The Hall–Kier alpha value is -1.28. The van der Waals surface area contributed by atoms with Crippen molar-refractivity contribution in [2.24, 2.45) is 0 Å². The number of unbranched alkanes of at least 4 members (excludes halogenated alkanes) is 36. The molecule has 0 saturated carbocycles. The summed E-state index contributed by atoms with van der Waals surface area (Å²) < 4.78 is 35.3. The summed E-state index contributed by atoms with van der Waals surface area (Å²) >= 11 is 0. The van der Waals surface area contributed by atoms with Crippen LogP contribution in [0.25, 0.3) is 0 Å². The number of carbonyl (C=O) groups is 1. The monoisotopic (exact) mass is 995 g/mol. The van der Waals surface area contributed by atoms with E-state index in [1.165, 1.54) is 212 Å². The third-order valence-electron chi connectivity index (χ3n) is 13.2. The van der Waals surface area contributed by atoms with Crippen LogP contribution in [0.5, 0.6) is 0 Å². The van der Waals surface area contributed by atoms with Gasteiger partial charge in [0, 0.05) is 13.0 Å². The molecule has 0 amide bonds. The smallest absolute Gasteiger partial charge is 0.457 e. The summed E-state index contributed by atoms with van der Waals surface area (Å²) in [5.74, 6) is -0.311. The van der Waals surface area contributed by atoms with Crippen molar-refractivity contribution in [1.82, 2.24) is 0 Å². The van der Waals surface area contributed by atoms with Gasteiger partial charge < -0.3 is 18.9 Å². The number of nitrogens with zero attached hydrogens (tertiary/aromatic N) is 1. The second-order valence-corrected chi connectivity index (χ2v) is 22.8. The van der Waals surface area contributed by atoms with Gasteiger partial charge in [0.05, 0.1) is 34.4 Å². The Balaban J connectivity index is 4.05. The van der Waals surface area contributed by atoms with E-state index >= 15 is 0 Å².